The predicted octanol–water partition coefficient (Wildman–Crippen LogP) is 2.71. The van der Waals surface area contributed by atoms with E-state index in [9.17, 15) is 5.11 Å². The van der Waals surface area contributed by atoms with Crippen molar-refractivity contribution in [1.29, 1.82) is 0 Å². The first-order chi connectivity index (χ1) is 10.6. The molecule has 1 aromatic heterocycles. The van der Waals surface area contributed by atoms with E-state index in [-0.39, 0.29) is 0 Å². The van der Waals surface area contributed by atoms with E-state index in [4.69, 9.17) is 0 Å². The Morgan fingerprint density at radius 1 is 1.18 bits per heavy atom. The molecule has 0 radical (unpaired) electrons. The van der Waals surface area contributed by atoms with Crippen molar-refractivity contribution in [2.75, 3.05) is 13.1 Å². The highest BCUT2D eigenvalue weighted by atomic mass is 32.1. The average molecular weight is 317 g/mol. The van der Waals surface area contributed by atoms with Crippen molar-refractivity contribution in [2.45, 2.75) is 26.0 Å². The molecule has 0 amide bonds. The van der Waals surface area contributed by atoms with E-state index >= 15 is 0 Å². The van der Waals surface area contributed by atoms with Crippen LogP contribution in [0, 0.1) is 0 Å². The molecule has 3 N–H and O–H groups in total. The van der Waals surface area contributed by atoms with Crippen molar-refractivity contribution in [3.63, 3.8) is 0 Å². The third-order valence-electron chi connectivity index (χ3n) is 3.26. The van der Waals surface area contributed by atoms with Crippen LogP contribution in [0.5, 0.6) is 0 Å². The molecule has 0 aliphatic rings. The zero-order valence-electron chi connectivity index (χ0n) is 13.0. The molecule has 5 heteroatoms. The fraction of sp³-hybridized carbons (Fsp3) is 0.353. The van der Waals surface area contributed by atoms with Crippen LogP contribution in [-0.2, 0) is 12.1 Å². The molecule has 4 nitrogen and oxygen atoms in total. The Labute approximate surface area is 135 Å². The second-order valence-corrected chi connectivity index (χ2v) is 6.23. The molecule has 0 aliphatic carbocycles. The number of rotatable bonds is 6. The van der Waals surface area contributed by atoms with Gasteiger partial charge in [0, 0.05) is 11.4 Å². The lowest BCUT2D eigenvalue weighted by atomic mass is 10.1. The first-order valence-corrected chi connectivity index (χ1v) is 8.32. The standard InChI is InChI=1S/C17H23N3OS/c1-3-18-16(19-12-14-8-5-4-6-9-14)20-13-17(2,21)15-10-7-11-22-15/h4-11,21H,3,12-13H2,1-2H3,(H2,18,19,20). The van der Waals surface area contributed by atoms with Gasteiger partial charge in [-0.15, -0.1) is 11.3 Å². The molecule has 1 atom stereocenters. The number of benzene rings is 1. The summed E-state index contributed by atoms with van der Waals surface area (Å²) < 4.78 is 0. The lowest BCUT2D eigenvalue weighted by Crippen LogP contribution is -2.44. The largest absolute Gasteiger partial charge is 0.383 e. The molecule has 1 aromatic carbocycles. The summed E-state index contributed by atoms with van der Waals surface area (Å²) in [7, 11) is 0. The first kappa shape index (κ1) is 16.5. The van der Waals surface area contributed by atoms with Crippen LogP contribution >= 0.6 is 11.3 Å². The number of guanidine groups is 1. The summed E-state index contributed by atoms with van der Waals surface area (Å²) in [5.41, 5.74) is 0.251. The lowest BCUT2D eigenvalue weighted by molar-refractivity contribution is 0.0655. The summed E-state index contributed by atoms with van der Waals surface area (Å²) in [4.78, 5) is 5.50. The predicted molar refractivity (Wildman–Crippen MR) is 93.2 cm³/mol. The number of hydrogen-bond donors (Lipinski definition) is 3. The lowest BCUT2D eigenvalue weighted by Gasteiger charge is -2.23. The second-order valence-electron chi connectivity index (χ2n) is 5.29. The number of nitrogens with one attached hydrogen (secondary N) is 2. The maximum atomic E-state index is 10.5. The normalized spacial score (nSPS) is 14.4. The van der Waals surface area contributed by atoms with Gasteiger partial charge in [-0.05, 0) is 30.9 Å². The third kappa shape index (κ3) is 4.86. The number of thiophene rings is 1. The Morgan fingerprint density at radius 2 is 1.95 bits per heavy atom. The van der Waals surface area contributed by atoms with E-state index in [1.807, 2.05) is 49.6 Å². The van der Waals surface area contributed by atoms with E-state index in [1.54, 1.807) is 11.3 Å². The summed E-state index contributed by atoms with van der Waals surface area (Å²) in [5, 5.41) is 18.9. The van der Waals surface area contributed by atoms with Crippen molar-refractivity contribution >= 4 is 17.3 Å². The molecule has 0 saturated carbocycles. The minimum absolute atomic E-state index is 0.411. The van der Waals surface area contributed by atoms with Crippen LogP contribution in [0.3, 0.4) is 0 Å². The van der Waals surface area contributed by atoms with Gasteiger partial charge in [0.1, 0.15) is 5.60 Å². The van der Waals surface area contributed by atoms with Crippen LogP contribution < -0.4 is 10.6 Å². The molecule has 2 rings (SSSR count). The van der Waals surface area contributed by atoms with Gasteiger partial charge in [-0.2, -0.15) is 0 Å². The fourth-order valence-corrected chi connectivity index (χ4v) is 2.81. The number of aliphatic imine (C=N–C) groups is 1. The van der Waals surface area contributed by atoms with Gasteiger partial charge >= 0.3 is 0 Å². The highest BCUT2D eigenvalue weighted by Gasteiger charge is 2.24. The first-order valence-electron chi connectivity index (χ1n) is 7.44. The highest BCUT2D eigenvalue weighted by Crippen LogP contribution is 2.24. The van der Waals surface area contributed by atoms with Crippen LogP contribution in [0.4, 0.5) is 0 Å². The zero-order valence-corrected chi connectivity index (χ0v) is 13.9. The molecule has 22 heavy (non-hydrogen) atoms. The quantitative estimate of drug-likeness (QED) is 0.567. The average Bonchev–Trinajstić information content (AvgIpc) is 3.06. The minimum atomic E-state index is -0.906. The topological polar surface area (TPSA) is 56.7 Å². The number of aliphatic hydroxyl groups is 1. The molecular weight excluding hydrogens is 294 g/mol. The molecule has 1 unspecified atom stereocenters. The van der Waals surface area contributed by atoms with Crippen LogP contribution in [-0.4, -0.2) is 24.2 Å². The van der Waals surface area contributed by atoms with Gasteiger partial charge in [0.2, 0.25) is 0 Å². The Balaban J connectivity index is 1.96. The number of hydrogen-bond acceptors (Lipinski definition) is 3. The van der Waals surface area contributed by atoms with Crippen molar-refractivity contribution in [3.8, 4) is 0 Å². The van der Waals surface area contributed by atoms with Gasteiger partial charge in [-0.25, -0.2) is 4.99 Å². The summed E-state index contributed by atoms with van der Waals surface area (Å²) >= 11 is 1.55. The Bertz CT molecular complexity index is 579. The van der Waals surface area contributed by atoms with E-state index in [1.165, 1.54) is 0 Å². The monoisotopic (exact) mass is 317 g/mol. The van der Waals surface area contributed by atoms with Gasteiger partial charge in [0.15, 0.2) is 5.96 Å². The fourth-order valence-electron chi connectivity index (χ4n) is 2.02. The molecular formula is C17H23N3OS. The van der Waals surface area contributed by atoms with Crippen LogP contribution in [0.2, 0.25) is 0 Å². The van der Waals surface area contributed by atoms with Crippen molar-refractivity contribution in [2.24, 2.45) is 4.99 Å². The SMILES string of the molecule is CCNC(=NCc1ccccc1)NCC(C)(O)c1cccs1. The molecule has 2 aromatic rings. The summed E-state index contributed by atoms with van der Waals surface area (Å²) in [6.45, 7) is 5.64. The number of nitrogens with zero attached hydrogens (tertiary/aromatic N) is 1. The Kier molecular flexibility index (Phi) is 5.98. The molecule has 0 fully saturated rings. The van der Waals surface area contributed by atoms with E-state index < -0.39 is 5.60 Å². The van der Waals surface area contributed by atoms with Gasteiger partial charge < -0.3 is 15.7 Å². The minimum Gasteiger partial charge on any atom is -0.383 e. The summed E-state index contributed by atoms with van der Waals surface area (Å²) in [6, 6.07) is 14.0. The second kappa shape index (κ2) is 7.96. The van der Waals surface area contributed by atoms with Gasteiger partial charge in [0.25, 0.3) is 0 Å². The molecule has 118 valence electrons. The Morgan fingerprint density at radius 3 is 2.59 bits per heavy atom. The van der Waals surface area contributed by atoms with Crippen molar-refractivity contribution < 1.29 is 5.11 Å². The van der Waals surface area contributed by atoms with Crippen molar-refractivity contribution in [3.05, 3.63) is 58.3 Å². The summed E-state index contributed by atoms with van der Waals surface area (Å²) in [5.74, 6) is 0.711. The van der Waals surface area contributed by atoms with E-state index in [0.717, 1.165) is 17.0 Å². The molecule has 0 aliphatic heterocycles. The smallest absolute Gasteiger partial charge is 0.191 e. The molecule has 0 spiro atoms. The van der Waals surface area contributed by atoms with E-state index in [0.29, 0.717) is 19.0 Å². The van der Waals surface area contributed by atoms with Gasteiger partial charge in [-0.1, -0.05) is 36.4 Å². The van der Waals surface area contributed by atoms with Gasteiger partial charge in [-0.3, -0.25) is 0 Å². The summed E-state index contributed by atoms with van der Waals surface area (Å²) in [6.07, 6.45) is 0. The van der Waals surface area contributed by atoms with Crippen LogP contribution in [0.15, 0.2) is 52.8 Å². The molecule has 0 saturated heterocycles. The highest BCUT2D eigenvalue weighted by molar-refractivity contribution is 7.10. The molecule has 1 heterocycles. The van der Waals surface area contributed by atoms with Crippen LogP contribution in [0.1, 0.15) is 24.3 Å². The van der Waals surface area contributed by atoms with Crippen molar-refractivity contribution in [1.82, 2.24) is 10.6 Å². The maximum absolute atomic E-state index is 10.5. The zero-order chi connectivity index (χ0) is 15.8. The van der Waals surface area contributed by atoms with E-state index in [2.05, 4.69) is 27.8 Å². The maximum Gasteiger partial charge on any atom is 0.191 e. The molecule has 0 bridgehead atoms. The third-order valence-corrected chi connectivity index (χ3v) is 4.38. The Hall–Kier alpha value is -1.85. The van der Waals surface area contributed by atoms with Gasteiger partial charge in [0.05, 0.1) is 13.1 Å². The van der Waals surface area contributed by atoms with Crippen LogP contribution in [0.25, 0.3) is 0 Å².